The van der Waals surface area contributed by atoms with Crippen molar-refractivity contribution in [2.24, 2.45) is 0 Å². The van der Waals surface area contributed by atoms with Crippen LogP contribution in [0, 0.1) is 0 Å². The Balaban J connectivity index is 2.10. The lowest BCUT2D eigenvalue weighted by atomic mass is 10.0. The van der Waals surface area contributed by atoms with Gasteiger partial charge >= 0.3 is 5.97 Å². The quantitative estimate of drug-likeness (QED) is 0.909. The van der Waals surface area contributed by atoms with E-state index in [0.29, 0.717) is 5.13 Å². The molecule has 0 saturated heterocycles. The lowest BCUT2D eigenvalue weighted by Gasteiger charge is -2.06. The molecule has 0 aromatic carbocycles. The number of carboxylic acid groups (broad SMARTS) is 1. The zero-order valence-electron chi connectivity index (χ0n) is 10.1. The zero-order chi connectivity index (χ0) is 13.4. The first-order valence-electron chi connectivity index (χ1n) is 6.10. The van der Waals surface area contributed by atoms with Crippen LogP contribution in [0.5, 0.6) is 0 Å². The summed E-state index contributed by atoms with van der Waals surface area (Å²) in [5.41, 5.74) is 0.891. The Hall–Kier alpha value is -1.95. The fourth-order valence-corrected chi connectivity index (χ4v) is 3.33. The Morgan fingerprint density at radius 3 is 2.84 bits per heavy atom. The van der Waals surface area contributed by atoms with E-state index in [4.69, 9.17) is 5.11 Å². The standard InChI is InChI=1S/C13H12N2O3S/c16-11-6-5-8(12(17)18)7-15(11)13-14-9-3-1-2-4-10(9)19-13/h5-7H,1-4H2,(H,17,18). The predicted octanol–water partition coefficient (Wildman–Crippen LogP) is 1.87. The number of rotatable bonds is 2. The molecule has 2 aromatic heterocycles. The molecule has 2 heterocycles. The van der Waals surface area contributed by atoms with Crippen LogP contribution in [0.3, 0.4) is 0 Å². The van der Waals surface area contributed by atoms with Gasteiger partial charge in [0.05, 0.1) is 11.3 Å². The van der Waals surface area contributed by atoms with Gasteiger partial charge in [-0.3, -0.25) is 9.36 Å². The number of aromatic nitrogens is 2. The molecular formula is C13H12N2O3S. The van der Waals surface area contributed by atoms with Crippen molar-refractivity contribution in [2.45, 2.75) is 25.7 Å². The summed E-state index contributed by atoms with van der Waals surface area (Å²) >= 11 is 1.48. The lowest BCUT2D eigenvalue weighted by Crippen LogP contribution is -2.18. The fraction of sp³-hybridized carbons (Fsp3) is 0.308. The summed E-state index contributed by atoms with van der Waals surface area (Å²) in [5.74, 6) is -1.05. The summed E-state index contributed by atoms with van der Waals surface area (Å²) in [6.45, 7) is 0. The number of aryl methyl sites for hydroxylation is 2. The smallest absolute Gasteiger partial charge is 0.337 e. The molecule has 1 N–H and O–H groups in total. The van der Waals surface area contributed by atoms with E-state index in [0.717, 1.165) is 31.4 Å². The monoisotopic (exact) mass is 276 g/mol. The molecule has 0 spiro atoms. The first-order chi connectivity index (χ1) is 9.15. The van der Waals surface area contributed by atoms with Crippen LogP contribution in [0.1, 0.15) is 33.8 Å². The van der Waals surface area contributed by atoms with Gasteiger partial charge in [-0.1, -0.05) is 0 Å². The summed E-state index contributed by atoms with van der Waals surface area (Å²) in [6, 6.07) is 2.58. The van der Waals surface area contributed by atoms with Gasteiger partial charge < -0.3 is 5.11 Å². The first kappa shape index (κ1) is 12.1. The number of fused-ring (bicyclic) bond motifs is 1. The molecule has 0 saturated carbocycles. The molecule has 0 amide bonds. The van der Waals surface area contributed by atoms with Gasteiger partial charge in [0.15, 0.2) is 5.13 Å². The van der Waals surface area contributed by atoms with E-state index in [-0.39, 0.29) is 11.1 Å². The minimum absolute atomic E-state index is 0.0905. The number of nitrogens with zero attached hydrogens (tertiary/aromatic N) is 2. The molecule has 3 rings (SSSR count). The fourth-order valence-electron chi connectivity index (χ4n) is 2.20. The zero-order valence-corrected chi connectivity index (χ0v) is 10.9. The van der Waals surface area contributed by atoms with E-state index in [1.54, 1.807) is 0 Å². The maximum Gasteiger partial charge on any atom is 0.337 e. The second-order valence-corrected chi connectivity index (χ2v) is 5.57. The van der Waals surface area contributed by atoms with Gasteiger partial charge in [-0.15, -0.1) is 11.3 Å². The van der Waals surface area contributed by atoms with Crippen LogP contribution < -0.4 is 5.56 Å². The minimum atomic E-state index is -1.05. The summed E-state index contributed by atoms with van der Waals surface area (Å²) in [4.78, 5) is 28.5. The van der Waals surface area contributed by atoms with Crippen molar-refractivity contribution in [1.29, 1.82) is 0 Å². The van der Waals surface area contributed by atoms with E-state index < -0.39 is 5.97 Å². The largest absolute Gasteiger partial charge is 0.478 e. The molecule has 0 bridgehead atoms. The Morgan fingerprint density at radius 2 is 2.11 bits per heavy atom. The van der Waals surface area contributed by atoms with Gasteiger partial charge in [-0.05, 0) is 31.7 Å². The average Bonchev–Trinajstić information content (AvgIpc) is 2.82. The summed E-state index contributed by atoms with van der Waals surface area (Å²) in [7, 11) is 0. The van der Waals surface area contributed by atoms with Crippen LogP contribution in [-0.2, 0) is 12.8 Å². The minimum Gasteiger partial charge on any atom is -0.478 e. The Bertz CT molecular complexity index is 679. The molecule has 0 unspecified atom stereocenters. The molecular weight excluding hydrogens is 264 g/mol. The third-order valence-corrected chi connectivity index (χ3v) is 4.36. The molecule has 0 radical (unpaired) electrons. The van der Waals surface area contributed by atoms with Crippen molar-refractivity contribution in [2.75, 3.05) is 0 Å². The van der Waals surface area contributed by atoms with Crippen molar-refractivity contribution in [3.05, 3.63) is 44.8 Å². The second kappa shape index (κ2) is 4.62. The van der Waals surface area contributed by atoms with Crippen LogP contribution in [0.4, 0.5) is 0 Å². The molecule has 2 aromatic rings. The molecule has 98 valence electrons. The molecule has 5 nitrogen and oxygen atoms in total. The Kier molecular flexibility index (Phi) is 2.94. The van der Waals surface area contributed by atoms with E-state index in [9.17, 15) is 9.59 Å². The Labute approximate surface area is 113 Å². The first-order valence-corrected chi connectivity index (χ1v) is 6.92. The maximum absolute atomic E-state index is 11.8. The third-order valence-electron chi connectivity index (χ3n) is 3.20. The number of carbonyl (C=O) groups is 1. The number of carboxylic acids is 1. The van der Waals surface area contributed by atoms with Gasteiger partial charge in [0.25, 0.3) is 5.56 Å². The van der Waals surface area contributed by atoms with Crippen molar-refractivity contribution >= 4 is 17.3 Å². The van der Waals surface area contributed by atoms with Crippen molar-refractivity contribution in [1.82, 2.24) is 9.55 Å². The van der Waals surface area contributed by atoms with Crippen LogP contribution >= 0.6 is 11.3 Å². The number of aromatic carboxylic acids is 1. The molecule has 0 aliphatic heterocycles. The van der Waals surface area contributed by atoms with Crippen molar-refractivity contribution < 1.29 is 9.90 Å². The molecule has 0 fully saturated rings. The number of thiazole rings is 1. The second-order valence-electron chi connectivity index (χ2n) is 4.50. The third kappa shape index (κ3) is 2.19. The number of hydrogen-bond donors (Lipinski definition) is 1. The highest BCUT2D eigenvalue weighted by Crippen LogP contribution is 2.28. The summed E-state index contributed by atoms with van der Waals surface area (Å²) in [5, 5.41) is 9.55. The van der Waals surface area contributed by atoms with E-state index in [1.165, 1.54) is 39.1 Å². The number of pyridine rings is 1. The highest BCUT2D eigenvalue weighted by molar-refractivity contribution is 7.14. The molecule has 19 heavy (non-hydrogen) atoms. The van der Waals surface area contributed by atoms with E-state index >= 15 is 0 Å². The van der Waals surface area contributed by atoms with Crippen LogP contribution in [0.25, 0.3) is 5.13 Å². The predicted molar refractivity (Wildman–Crippen MR) is 71.3 cm³/mol. The van der Waals surface area contributed by atoms with Crippen LogP contribution in [0.15, 0.2) is 23.1 Å². The lowest BCUT2D eigenvalue weighted by molar-refractivity contribution is 0.0696. The molecule has 6 heteroatoms. The SMILES string of the molecule is O=C(O)c1ccc(=O)n(-c2nc3c(s2)CCCC3)c1. The van der Waals surface area contributed by atoms with Gasteiger partial charge in [-0.2, -0.15) is 0 Å². The van der Waals surface area contributed by atoms with E-state index in [2.05, 4.69) is 4.98 Å². The normalized spacial score (nSPS) is 14.1. The van der Waals surface area contributed by atoms with Gasteiger partial charge in [0, 0.05) is 17.1 Å². The highest BCUT2D eigenvalue weighted by atomic mass is 32.1. The Morgan fingerprint density at radius 1 is 1.32 bits per heavy atom. The topological polar surface area (TPSA) is 72.2 Å². The average molecular weight is 276 g/mol. The molecule has 1 aliphatic carbocycles. The van der Waals surface area contributed by atoms with Gasteiger partial charge in [0.1, 0.15) is 0 Å². The molecule has 1 aliphatic rings. The molecule has 0 atom stereocenters. The van der Waals surface area contributed by atoms with Gasteiger partial charge in [-0.25, -0.2) is 9.78 Å². The van der Waals surface area contributed by atoms with Gasteiger partial charge in [0.2, 0.25) is 0 Å². The van der Waals surface area contributed by atoms with Crippen LogP contribution in [0.2, 0.25) is 0 Å². The van der Waals surface area contributed by atoms with E-state index in [1.807, 2.05) is 0 Å². The summed E-state index contributed by atoms with van der Waals surface area (Å²) < 4.78 is 1.33. The highest BCUT2D eigenvalue weighted by Gasteiger charge is 2.17. The maximum atomic E-state index is 11.8. The van der Waals surface area contributed by atoms with Crippen molar-refractivity contribution in [3.63, 3.8) is 0 Å². The van der Waals surface area contributed by atoms with Crippen LogP contribution in [-0.4, -0.2) is 20.6 Å². The number of hydrogen-bond acceptors (Lipinski definition) is 4. The summed E-state index contributed by atoms with van der Waals surface area (Å²) in [6.07, 6.45) is 5.56. The van der Waals surface area contributed by atoms with Crippen molar-refractivity contribution in [3.8, 4) is 5.13 Å².